The van der Waals surface area contributed by atoms with Crippen molar-refractivity contribution in [3.8, 4) is 0 Å². The van der Waals surface area contributed by atoms with Gasteiger partial charge >= 0.3 is 0 Å². The lowest BCUT2D eigenvalue weighted by Gasteiger charge is -2.34. The standard InChI is InChI=1S/C26H22N2O2/c1-27-16-18(21-11-6-8-14-24(21)27)15-20-17-30-26(19-9-3-2-4-10-19)23-13-7-5-12-22(23)25(29)28(20)26/h2-14,16,20H,15,17H2,1H3. The Morgan fingerprint density at radius 3 is 2.57 bits per heavy atom. The molecule has 3 heterocycles. The van der Waals surface area contributed by atoms with E-state index in [1.54, 1.807) is 0 Å². The molecule has 0 spiro atoms. The maximum atomic E-state index is 13.6. The van der Waals surface area contributed by atoms with E-state index in [2.05, 4.69) is 54.2 Å². The summed E-state index contributed by atoms with van der Waals surface area (Å²) < 4.78 is 8.71. The molecule has 1 amide bonds. The molecule has 4 nitrogen and oxygen atoms in total. The molecule has 148 valence electrons. The number of amides is 1. The zero-order chi connectivity index (χ0) is 20.3. The van der Waals surface area contributed by atoms with Crippen molar-refractivity contribution in [3.63, 3.8) is 0 Å². The second-order valence-corrected chi connectivity index (χ2v) is 8.18. The molecule has 0 saturated carbocycles. The largest absolute Gasteiger partial charge is 0.350 e. The third-order valence-electron chi connectivity index (χ3n) is 6.53. The molecule has 0 bridgehead atoms. The topological polar surface area (TPSA) is 34.5 Å². The number of rotatable bonds is 3. The summed E-state index contributed by atoms with van der Waals surface area (Å²) in [5.74, 6) is 0.0530. The third-order valence-corrected chi connectivity index (χ3v) is 6.53. The highest BCUT2D eigenvalue weighted by atomic mass is 16.5. The first-order valence-corrected chi connectivity index (χ1v) is 10.4. The van der Waals surface area contributed by atoms with Gasteiger partial charge in [0.1, 0.15) is 0 Å². The van der Waals surface area contributed by atoms with Crippen molar-refractivity contribution >= 4 is 16.8 Å². The van der Waals surface area contributed by atoms with Crippen LogP contribution in [0.2, 0.25) is 0 Å². The van der Waals surface area contributed by atoms with Crippen molar-refractivity contribution in [2.45, 2.75) is 18.2 Å². The van der Waals surface area contributed by atoms with E-state index in [0.717, 1.165) is 23.1 Å². The van der Waals surface area contributed by atoms with E-state index in [1.165, 1.54) is 16.5 Å². The van der Waals surface area contributed by atoms with Crippen LogP contribution in [0.15, 0.2) is 85.1 Å². The number of hydrogen-bond acceptors (Lipinski definition) is 2. The van der Waals surface area contributed by atoms with Gasteiger partial charge < -0.3 is 9.30 Å². The van der Waals surface area contributed by atoms with Crippen LogP contribution < -0.4 is 0 Å². The summed E-state index contributed by atoms with van der Waals surface area (Å²) in [7, 11) is 2.07. The van der Waals surface area contributed by atoms with E-state index in [1.807, 2.05) is 47.4 Å². The van der Waals surface area contributed by atoms with Crippen LogP contribution in [0.4, 0.5) is 0 Å². The first kappa shape index (κ1) is 17.5. The molecular formula is C26H22N2O2. The summed E-state index contributed by atoms with van der Waals surface area (Å²) in [6.07, 6.45) is 2.94. The molecule has 1 aromatic heterocycles. The Morgan fingerprint density at radius 2 is 1.70 bits per heavy atom. The monoisotopic (exact) mass is 394 g/mol. The third kappa shape index (κ3) is 2.22. The van der Waals surface area contributed by atoms with Gasteiger partial charge in [0, 0.05) is 40.8 Å². The molecule has 0 aliphatic carbocycles. The van der Waals surface area contributed by atoms with Crippen LogP contribution in [0, 0.1) is 0 Å². The van der Waals surface area contributed by atoms with Crippen LogP contribution >= 0.6 is 0 Å². The fraction of sp³-hybridized carbons (Fsp3) is 0.192. The number of aromatic nitrogens is 1. The summed E-state index contributed by atoms with van der Waals surface area (Å²) in [5, 5.41) is 1.24. The number of carbonyl (C=O) groups excluding carboxylic acids is 1. The van der Waals surface area contributed by atoms with E-state index in [4.69, 9.17) is 4.74 Å². The van der Waals surface area contributed by atoms with Crippen molar-refractivity contribution < 1.29 is 9.53 Å². The predicted molar refractivity (Wildman–Crippen MR) is 116 cm³/mol. The average molecular weight is 394 g/mol. The van der Waals surface area contributed by atoms with Crippen LogP contribution in [-0.2, 0) is 23.9 Å². The summed E-state index contributed by atoms with van der Waals surface area (Å²) in [5.41, 5.74) is 4.30. The fourth-order valence-electron chi connectivity index (χ4n) is 5.26. The van der Waals surface area contributed by atoms with Gasteiger partial charge in [-0.25, -0.2) is 0 Å². The summed E-state index contributed by atoms with van der Waals surface area (Å²) in [4.78, 5) is 15.5. The lowest BCUT2D eigenvalue weighted by Crippen LogP contribution is -2.45. The Kier molecular flexibility index (Phi) is 3.68. The average Bonchev–Trinajstić information content (AvgIpc) is 3.41. The smallest absolute Gasteiger partial charge is 0.257 e. The molecule has 4 heteroatoms. The molecule has 2 atom stereocenters. The minimum Gasteiger partial charge on any atom is -0.350 e. The van der Waals surface area contributed by atoms with Gasteiger partial charge in [0.15, 0.2) is 5.72 Å². The van der Waals surface area contributed by atoms with Gasteiger partial charge in [0.2, 0.25) is 0 Å². The molecule has 1 fully saturated rings. The highest BCUT2D eigenvalue weighted by Crippen LogP contribution is 2.50. The second-order valence-electron chi connectivity index (χ2n) is 8.18. The maximum absolute atomic E-state index is 13.6. The summed E-state index contributed by atoms with van der Waals surface area (Å²) in [6, 6.07) is 26.4. The van der Waals surface area contributed by atoms with E-state index in [9.17, 15) is 4.79 Å². The number of hydrogen-bond donors (Lipinski definition) is 0. The Morgan fingerprint density at radius 1 is 0.967 bits per heavy atom. The Bertz CT molecular complexity index is 1280. The van der Waals surface area contributed by atoms with Gasteiger partial charge in [-0.15, -0.1) is 0 Å². The van der Waals surface area contributed by atoms with Crippen LogP contribution in [-0.4, -0.2) is 28.0 Å². The maximum Gasteiger partial charge on any atom is 0.257 e. The number of ether oxygens (including phenoxy) is 1. The highest BCUT2D eigenvalue weighted by Gasteiger charge is 2.58. The second kappa shape index (κ2) is 6.31. The van der Waals surface area contributed by atoms with Crippen molar-refractivity contribution in [1.82, 2.24) is 9.47 Å². The van der Waals surface area contributed by atoms with Crippen molar-refractivity contribution in [1.29, 1.82) is 0 Å². The number of carbonyl (C=O) groups is 1. The summed E-state index contributed by atoms with van der Waals surface area (Å²) in [6.45, 7) is 0.512. The number of benzene rings is 3. The van der Waals surface area contributed by atoms with Crippen LogP contribution in [0.1, 0.15) is 27.0 Å². The molecule has 0 N–H and O–H groups in total. The van der Waals surface area contributed by atoms with E-state index in [-0.39, 0.29) is 11.9 Å². The van der Waals surface area contributed by atoms with Crippen molar-refractivity contribution in [2.24, 2.45) is 7.05 Å². The Labute approximate surface area is 175 Å². The van der Waals surface area contributed by atoms with Gasteiger partial charge in [-0.1, -0.05) is 66.7 Å². The molecule has 2 aliphatic heterocycles. The Balaban J connectivity index is 1.48. The number of nitrogens with zero attached hydrogens (tertiary/aromatic N) is 2. The molecule has 2 aliphatic rings. The Hall–Kier alpha value is -3.37. The molecule has 2 unspecified atom stereocenters. The molecule has 1 saturated heterocycles. The molecule has 30 heavy (non-hydrogen) atoms. The zero-order valence-corrected chi connectivity index (χ0v) is 16.8. The van der Waals surface area contributed by atoms with E-state index in [0.29, 0.717) is 6.61 Å². The first-order valence-electron chi connectivity index (χ1n) is 10.4. The normalized spacial score (nSPS) is 22.5. The zero-order valence-electron chi connectivity index (χ0n) is 16.8. The van der Waals surface area contributed by atoms with E-state index >= 15 is 0 Å². The van der Waals surface area contributed by atoms with Gasteiger partial charge in [-0.2, -0.15) is 0 Å². The fourth-order valence-corrected chi connectivity index (χ4v) is 5.26. The lowest BCUT2D eigenvalue weighted by molar-refractivity contribution is -0.0323. The molecule has 0 radical (unpaired) electrons. The van der Waals surface area contributed by atoms with Crippen LogP contribution in [0.25, 0.3) is 10.9 Å². The SMILES string of the molecule is Cn1cc(CC2COC3(c4ccccc4)c4ccccc4C(=O)N23)c2ccccc21. The minimum atomic E-state index is -0.843. The van der Waals surface area contributed by atoms with Crippen molar-refractivity contribution in [2.75, 3.05) is 6.61 Å². The van der Waals surface area contributed by atoms with Crippen LogP contribution in [0.3, 0.4) is 0 Å². The molecule has 6 rings (SSSR count). The summed E-state index contributed by atoms with van der Waals surface area (Å²) >= 11 is 0. The van der Waals surface area contributed by atoms with Crippen molar-refractivity contribution in [3.05, 3.63) is 107 Å². The minimum absolute atomic E-state index is 0.0316. The lowest BCUT2D eigenvalue weighted by atomic mass is 9.93. The number of fused-ring (bicyclic) bond motifs is 4. The van der Waals surface area contributed by atoms with Crippen LogP contribution in [0.5, 0.6) is 0 Å². The predicted octanol–water partition coefficient (Wildman–Crippen LogP) is 4.48. The van der Waals surface area contributed by atoms with Gasteiger partial charge in [0.05, 0.1) is 12.6 Å². The van der Waals surface area contributed by atoms with Gasteiger partial charge in [-0.3, -0.25) is 9.69 Å². The molecule has 4 aromatic rings. The molecule has 3 aromatic carbocycles. The number of para-hydroxylation sites is 1. The first-order chi connectivity index (χ1) is 14.7. The van der Waals surface area contributed by atoms with Gasteiger partial charge in [0.25, 0.3) is 5.91 Å². The quantitative estimate of drug-likeness (QED) is 0.514. The molecular weight excluding hydrogens is 372 g/mol. The van der Waals surface area contributed by atoms with E-state index < -0.39 is 5.72 Å². The van der Waals surface area contributed by atoms with Gasteiger partial charge in [-0.05, 0) is 24.1 Å². The number of aryl methyl sites for hydroxylation is 1. The highest BCUT2D eigenvalue weighted by molar-refractivity contribution is 6.01.